The number of halogens is 1. The monoisotopic (exact) mass is 476 g/mol. The van der Waals surface area contributed by atoms with Crippen LogP contribution in [0.4, 0.5) is 5.13 Å². The molecule has 1 aliphatic heterocycles. The number of rotatable bonds is 5. The Morgan fingerprint density at radius 1 is 1.28 bits per heavy atom. The molecule has 25 heavy (non-hydrogen) atoms. The van der Waals surface area contributed by atoms with Gasteiger partial charge in [-0.3, -0.25) is 4.99 Å². The van der Waals surface area contributed by atoms with Gasteiger partial charge in [-0.25, -0.2) is 4.98 Å². The normalized spacial score (nSPS) is 22.6. The topological polar surface area (TPSA) is 56.7 Å². The zero-order valence-corrected chi connectivity index (χ0v) is 18.3. The number of aryl methyl sites for hydroxylation is 1. The summed E-state index contributed by atoms with van der Waals surface area (Å²) < 4.78 is 4.41. The number of hydrogen-bond donors (Lipinski definition) is 1. The van der Waals surface area contributed by atoms with Gasteiger partial charge < -0.3 is 15.1 Å². The molecule has 0 spiro atoms. The number of hydrogen-bond acceptors (Lipinski definition) is 5. The second-order valence-electron chi connectivity index (χ2n) is 7.36. The minimum absolute atomic E-state index is 0. The molecule has 8 heteroatoms. The van der Waals surface area contributed by atoms with E-state index in [9.17, 15) is 0 Å². The fourth-order valence-corrected chi connectivity index (χ4v) is 4.60. The highest BCUT2D eigenvalue weighted by atomic mass is 127. The first-order chi connectivity index (χ1) is 11.7. The molecule has 0 radical (unpaired) electrons. The summed E-state index contributed by atoms with van der Waals surface area (Å²) in [7, 11) is 1.91. The molecule has 0 aromatic carbocycles. The van der Waals surface area contributed by atoms with E-state index < -0.39 is 0 Å². The average Bonchev–Trinajstić information content (AvgIpc) is 3.54. The van der Waals surface area contributed by atoms with Crippen molar-refractivity contribution in [1.82, 2.24) is 19.6 Å². The van der Waals surface area contributed by atoms with E-state index in [1.54, 1.807) is 0 Å². The lowest BCUT2D eigenvalue weighted by molar-refractivity contribution is 0.359. The van der Waals surface area contributed by atoms with E-state index in [0.717, 1.165) is 62.0 Å². The number of anilines is 1. The average molecular weight is 476 g/mol. The Balaban J connectivity index is 0.00000182. The fourth-order valence-electron chi connectivity index (χ4n) is 3.80. The highest BCUT2D eigenvalue weighted by Crippen LogP contribution is 2.60. The van der Waals surface area contributed by atoms with Crippen molar-refractivity contribution in [2.45, 2.75) is 39.0 Å². The van der Waals surface area contributed by atoms with E-state index in [1.165, 1.54) is 37.2 Å². The van der Waals surface area contributed by atoms with Gasteiger partial charge in [0.15, 0.2) is 5.96 Å². The van der Waals surface area contributed by atoms with E-state index >= 15 is 0 Å². The SMILES string of the molecule is CCc1nsc(N2CCN(C(=NC)NCC3(C4CC4)CC3)CC2)n1.I. The Morgan fingerprint density at radius 2 is 2.00 bits per heavy atom. The Morgan fingerprint density at radius 3 is 2.52 bits per heavy atom. The summed E-state index contributed by atoms with van der Waals surface area (Å²) in [6, 6.07) is 0. The molecule has 0 atom stereocenters. The van der Waals surface area contributed by atoms with Gasteiger partial charge in [-0.1, -0.05) is 6.92 Å². The number of guanidine groups is 1. The van der Waals surface area contributed by atoms with Gasteiger partial charge in [0.25, 0.3) is 0 Å². The van der Waals surface area contributed by atoms with Gasteiger partial charge in [0.2, 0.25) is 5.13 Å². The molecule has 140 valence electrons. The molecular formula is C17H29IN6S. The Kier molecular flexibility index (Phi) is 6.07. The molecule has 0 amide bonds. The van der Waals surface area contributed by atoms with Crippen molar-refractivity contribution < 1.29 is 0 Å². The fraction of sp³-hybridized carbons (Fsp3) is 0.824. The minimum atomic E-state index is 0. The Bertz CT molecular complexity index is 602. The summed E-state index contributed by atoms with van der Waals surface area (Å²) in [5, 5.41) is 4.73. The van der Waals surface area contributed by atoms with Crippen molar-refractivity contribution in [3.8, 4) is 0 Å². The largest absolute Gasteiger partial charge is 0.356 e. The summed E-state index contributed by atoms with van der Waals surface area (Å²) in [5.74, 6) is 3.03. The van der Waals surface area contributed by atoms with Crippen LogP contribution in [0.1, 0.15) is 38.4 Å². The van der Waals surface area contributed by atoms with Crippen LogP contribution < -0.4 is 10.2 Å². The molecule has 2 heterocycles. The van der Waals surface area contributed by atoms with Crippen LogP contribution in [0.3, 0.4) is 0 Å². The molecule has 1 aromatic rings. The quantitative estimate of drug-likeness (QED) is 0.402. The van der Waals surface area contributed by atoms with Gasteiger partial charge in [0.05, 0.1) is 0 Å². The molecule has 1 saturated heterocycles. The van der Waals surface area contributed by atoms with Crippen LogP contribution in [-0.2, 0) is 6.42 Å². The van der Waals surface area contributed by atoms with Gasteiger partial charge in [-0.05, 0) is 37.0 Å². The third-order valence-electron chi connectivity index (χ3n) is 5.77. The highest BCUT2D eigenvalue weighted by molar-refractivity contribution is 14.0. The Hall–Kier alpha value is -0.640. The second kappa shape index (κ2) is 7.94. The zero-order valence-electron chi connectivity index (χ0n) is 15.2. The first-order valence-corrected chi connectivity index (χ1v) is 10.0. The van der Waals surface area contributed by atoms with Gasteiger partial charge in [-0.15, -0.1) is 24.0 Å². The lowest BCUT2D eigenvalue weighted by atomic mass is 10.0. The van der Waals surface area contributed by atoms with Crippen molar-refractivity contribution in [3.05, 3.63) is 5.82 Å². The Labute approximate surface area is 171 Å². The van der Waals surface area contributed by atoms with Crippen LogP contribution in [0.2, 0.25) is 0 Å². The van der Waals surface area contributed by atoms with Crippen LogP contribution in [0.5, 0.6) is 0 Å². The van der Waals surface area contributed by atoms with Gasteiger partial charge in [-0.2, -0.15) is 4.37 Å². The predicted molar refractivity (Wildman–Crippen MR) is 114 cm³/mol. The summed E-state index contributed by atoms with van der Waals surface area (Å²) in [6.07, 6.45) is 6.62. The molecule has 4 rings (SSSR count). The van der Waals surface area contributed by atoms with Crippen LogP contribution in [-0.4, -0.2) is 60.0 Å². The standard InChI is InChI=1S/C17H28N6S.HI/c1-3-14-20-16(24-21-14)23-10-8-22(9-11-23)15(18-2)19-12-17(6-7-17)13-4-5-13;/h13H,3-12H2,1-2H3,(H,18,19);1H. The maximum absolute atomic E-state index is 4.61. The van der Waals surface area contributed by atoms with Gasteiger partial charge in [0, 0.05) is 57.7 Å². The first kappa shape index (κ1) is 19.1. The van der Waals surface area contributed by atoms with Crippen molar-refractivity contribution in [3.63, 3.8) is 0 Å². The summed E-state index contributed by atoms with van der Waals surface area (Å²) in [5.41, 5.74) is 0.612. The lowest BCUT2D eigenvalue weighted by Crippen LogP contribution is -2.53. The first-order valence-electron chi connectivity index (χ1n) is 9.27. The van der Waals surface area contributed by atoms with E-state index in [-0.39, 0.29) is 24.0 Å². The third-order valence-corrected chi connectivity index (χ3v) is 6.58. The highest BCUT2D eigenvalue weighted by Gasteiger charge is 2.53. The maximum atomic E-state index is 4.61. The number of aliphatic imine (C=N–C) groups is 1. The van der Waals surface area contributed by atoms with Gasteiger partial charge in [0.1, 0.15) is 5.82 Å². The lowest BCUT2D eigenvalue weighted by Gasteiger charge is -2.36. The molecule has 0 unspecified atom stereocenters. The van der Waals surface area contributed by atoms with E-state index in [2.05, 4.69) is 36.4 Å². The number of nitrogens with one attached hydrogen (secondary N) is 1. The molecule has 2 aliphatic carbocycles. The summed E-state index contributed by atoms with van der Waals surface area (Å²) in [4.78, 5) is 13.9. The van der Waals surface area contributed by atoms with E-state index in [0.29, 0.717) is 5.41 Å². The van der Waals surface area contributed by atoms with Crippen molar-refractivity contribution in [1.29, 1.82) is 0 Å². The molecular weight excluding hydrogens is 447 g/mol. The van der Waals surface area contributed by atoms with E-state index in [4.69, 9.17) is 0 Å². The predicted octanol–water partition coefficient (Wildman–Crippen LogP) is 2.61. The van der Waals surface area contributed by atoms with E-state index in [1.807, 2.05) is 7.05 Å². The maximum Gasteiger partial charge on any atom is 0.205 e. The van der Waals surface area contributed by atoms with Crippen LogP contribution in [0.25, 0.3) is 0 Å². The molecule has 6 nitrogen and oxygen atoms in total. The van der Waals surface area contributed by atoms with Crippen LogP contribution >= 0.6 is 35.5 Å². The van der Waals surface area contributed by atoms with Crippen molar-refractivity contribution >= 4 is 46.6 Å². The summed E-state index contributed by atoms with van der Waals surface area (Å²) in [6.45, 7) is 7.20. The van der Waals surface area contributed by atoms with Gasteiger partial charge >= 0.3 is 0 Å². The molecule has 1 aromatic heterocycles. The van der Waals surface area contributed by atoms with Crippen molar-refractivity contribution in [2.75, 3.05) is 44.7 Å². The second-order valence-corrected chi connectivity index (χ2v) is 8.09. The molecule has 3 aliphatic rings. The third kappa shape index (κ3) is 4.20. The zero-order chi connectivity index (χ0) is 16.6. The minimum Gasteiger partial charge on any atom is -0.356 e. The van der Waals surface area contributed by atoms with Crippen LogP contribution in [0.15, 0.2) is 4.99 Å². The molecule has 1 N–H and O–H groups in total. The van der Waals surface area contributed by atoms with Crippen molar-refractivity contribution in [2.24, 2.45) is 16.3 Å². The molecule has 3 fully saturated rings. The number of piperazine rings is 1. The van der Waals surface area contributed by atoms with Crippen LogP contribution in [0, 0.1) is 11.3 Å². The smallest absolute Gasteiger partial charge is 0.205 e. The molecule has 2 saturated carbocycles. The summed E-state index contributed by atoms with van der Waals surface area (Å²) >= 11 is 1.53. The number of aromatic nitrogens is 2. The number of nitrogens with zero attached hydrogens (tertiary/aromatic N) is 5. The molecule has 0 bridgehead atoms.